The van der Waals surface area contributed by atoms with Crippen molar-refractivity contribution >= 4 is 17.2 Å². The number of hydrogen-bond donors (Lipinski definition) is 1. The first-order valence-corrected chi connectivity index (χ1v) is 7.00. The van der Waals surface area contributed by atoms with Gasteiger partial charge in [0.1, 0.15) is 16.7 Å². The van der Waals surface area contributed by atoms with Gasteiger partial charge in [0.05, 0.1) is 6.04 Å². The fourth-order valence-corrected chi connectivity index (χ4v) is 3.22. The van der Waals surface area contributed by atoms with Gasteiger partial charge in [-0.2, -0.15) is 0 Å². The van der Waals surface area contributed by atoms with Crippen molar-refractivity contribution in [1.82, 2.24) is 9.88 Å². The Morgan fingerprint density at radius 1 is 1.47 bits per heavy atom. The third-order valence-corrected chi connectivity index (χ3v) is 4.55. The molecule has 0 amide bonds. The molecule has 19 heavy (non-hydrogen) atoms. The van der Waals surface area contributed by atoms with Crippen LogP contribution in [0.15, 0.2) is 23.6 Å². The summed E-state index contributed by atoms with van der Waals surface area (Å²) in [6, 6.07) is 4.70. The summed E-state index contributed by atoms with van der Waals surface area (Å²) in [5.41, 5.74) is 2.70. The molecule has 3 nitrogen and oxygen atoms in total. The molecular weight excluding hydrogens is 261 g/mol. The average molecular weight is 275 g/mol. The van der Waals surface area contributed by atoms with Gasteiger partial charge in [-0.3, -0.25) is 5.41 Å². The number of nitrogens with one attached hydrogen (secondary N) is 1. The quantitative estimate of drug-likeness (QED) is 0.911. The number of benzene rings is 1. The highest BCUT2D eigenvalue weighted by atomic mass is 32.1. The Morgan fingerprint density at radius 3 is 2.95 bits per heavy atom. The Morgan fingerprint density at radius 2 is 2.26 bits per heavy atom. The Kier molecular flexibility index (Phi) is 2.86. The van der Waals surface area contributed by atoms with Crippen LogP contribution in [0.2, 0.25) is 0 Å². The minimum atomic E-state index is -0.289. The Hall–Kier alpha value is -1.75. The molecule has 98 valence electrons. The van der Waals surface area contributed by atoms with Crippen LogP contribution >= 0.6 is 11.3 Å². The Bertz CT molecular complexity index is 650. The molecular formula is C14H14FN3S. The van der Waals surface area contributed by atoms with E-state index in [0.29, 0.717) is 17.9 Å². The van der Waals surface area contributed by atoms with E-state index < -0.39 is 0 Å². The van der Waals surface area contributed by atoms with Crippen LogP contribution in [0.4, 0.5) is 4.39 Å². The first kappa shape index (κ1) is 12.3. The van der Waals surface area contributed by atoms with E-state index in [0.717, 1.165) is 16.3 Å². The molecule has 1 aliphatic heterocycles. The Labute approximate surface area is 115 Å². The van der Waals surface area contributed by atoms with Crippen molar-refractivity contribution < 1.29 is 4.39 Å². The van der Waals surface area contributed by atoms with Crippen LogP contribution in [0.1, 0.15) is 34.8 Å². The van der Waals surface area contributed by atoms with E-state index in [9.17, 15) is 4.39 Å². The molecule has 1 atom stereocenters. The van der Waals surface area contributed by atoms with Crippen molar-refractivity contribution in [2.24, 2.45) is 0 Å². The highest BCUT2D eigenvalue weighted by Gasteiger charge is 2.29. The van der Waals surface area contributed by atoms with Crippen molar-refractivity contribution in [2.45, 2.75) is 26.4 Å². The van der Waals surface area contributed by atoms with Crippen LogP contribution < -0.4 is 0 Å². The normalized spacial score (nSPS) is 15.7. The topological polar surface area (TPSA) is 40.0 Å². The van der Waals surface area contributed by atoms with Gasteiger partial charge in [0, 0.05) is 23.2 Å². The van der Waals surface area contributed by atoms with Crippen LogP contribution in [0.3, 0.4) is 0 Å². The highest BCUT2D eigenvalue weighted by molar-refractivity contribution is 7.09. The number of amidine groups is 1. The number of nitrogens with zero attached hydrogens (tertiary/aromatic N) is 2. The van der Waals surface area contributed by atoms with Gasteiger partial charge in [-0.15, -0.1) is 11.3 Å². The zero-order chi connectivity index (χ0) is 13.6. The monoisotopic (exact) mass is 275 g/mol. The Balaban J connectivity index is 1.91. The summed E-state index contributed by atoms with van der Waals surface area (Å²) in [4.78, 5) is 6.44. The van der Waals surface area contributed by atoms with E-state index in [1.807, 2.05) is 24.1 Å². The molecule has 1 N–H and O–H groups in total. The molecule has 0 saturated carbocycles. The summed E-state index contributed by atoms with van der Waals surface area (Å²) in [7, 11) is 0. The summed E-state index contributed by atoms with van der Waals surface area (Å²) in [5, 5.41) is 11.2. The molecule has 1 unspecified atom stereocenters. The lowest BCUT2D eigenvalue weighted by Gasteiger charge is -2.24. The second-order valence-electron chi connectivity index (χ2n) is 4.78. The van der Waals surface area contributed by atoms with Crippen LogP contribution in [-0.2, 0) is 6.54 Å². The van der Waals surface area contributed by atoms with E-state index in [1.54, 1.807) is 17.4 Å². The van der Waals surface area contributed by atoms with Crippen LogP contribution in [-0.4, -0.2) is 15.7 Å². The van der Waals surface area contributed by atoms with Gasteiger partial charge in [0.15, 0.2) is 0 Å². The molecule has 2 heterocycles. The largest absolute Gasteiger partial charge is 0.343 e. The first-order chi connectivity index (χ1) is 9.06. The van der Waals surface area contributed by atoms with Crippen molar-refractivity contribution in [3.05, 3.63) is 51.2 Å². The second-order valence-corrected chi connectivity index (χ2v) is 5.67. The van der Waals surface area contributed by atoms with Gasteiger partial charge in [-0.1, -0.05) is 6.07 Å². The number of fused-ring (bicyclic) bond motifs is 1. The van der Waals surface area contributed by atoms with Crippen LogP contribution in [0, 0.1) is 18.2 Å². The number of aromatic nitrogens is 1. The van der Waals surface area contributed by atoms with E-state index in [4.69, 9.17) is 5.41 Å². The predicted molar refractivity (Wildman–Crippen MR) is 74.0 cm³/mol. The molecule has 0 fully saturated rings. The predicted octanol–water partition coefficient (Wildman–Crippen LogP) is 3.49. The van der Waals surface area contributed by atoms with E-state index in [2.05, 4.69) is 4.98 Å². The van der Waals surface area contributed by atoms with E-state index in [-0.39, 0.29) is 11.9 Å². The molecule has 3 rings (SSSR count). The van der Waals surface area contributed by atoms with E-state index in [1.165, 1.54) is 12.1 Å². The number of rotatable bonds is 2. The molecule has 2 aromatic rings. The minimum Gasteiger partial charge on any atom is -0.343 e. The molecule has 1 aliphatic rings. The minimum absolute atomic E-state index is 0.0432. The third kappa shape index (κ3) is 2.04. The van der Waals surface area contributed by atoms with Gasteiger partial charge < -0.3 is 4.90 Å². The zero-order valence-electron chi connectivity index (χ0n) is 10.8. The van der Waals surface area contributed by atoms with Crippen LogP contribution in [0.5, 0.6) is 0 Å². The van der Waals surface area contributed by atoms with E-state index >= 15 is 0 Å². The fraction of sp³-hybridized carbons (Fsp3) is 0.286. The molecule has 5 heteroatoms. The van der Waals surface area contributed by atoms with Gasteiger partial charge >= 0.3 is 0 Å². The van der Waals surface area contributed by atoms with Crippen molar-refractivity contribution in [3.8, 4) is 0 Å². The maximum absolute atomic E-state index is 13.3. The van der Waals surface area contributed by atoms with Gasteiger partial charge in [0.2, 0.25) is 0 Å². The smallest absolute Gasteiger partial charge is 0.129 e. The van der Waals surface area contributed by atoms with Crippen molar-refractivity contribution in [3.63, 3.8) is 0 Å². The molecule has 0 aliphatic carbocycles. The summed E-state index contributed by atoms with van der Waals surface area (Å²) in [5.74, 6) is 0.0953. The lowest BCUT2D eigenvalue weighted by molar-refractivity contribution is 0.340. The third-order valence-electron chi connectivity index (χ3n) is 3.42. The SMILES string of the molecule is Cc1csc(C(C)N2Cc3ccc(F)cc3C2=N)n1. The molecule has 0 spiro atoms. The van der Waals surface area contributed by atoms with Gasteiger partial charge in [-0.05, 0) is 31.5 Å². The van der Waals surface area contributed by atoms with Gasteiger partial charge in [-0.25, -0.2) is 9.37 Å². The summed E-state index contributed by atoms with van der Waals surface area (Å²) < 4.78 is 13.3. The van der Waals surface area contributed by atoms with Gasteiger partial charge in [0.25, 0.3) is 0 Å². The number of aryl methyl sites for hydroxylation is 1. The highest BCUT2D eigenvalue weighted by Crippen LogP contribution is 2.32. The molecule has 0 saturated heterocycles. The maximum atomic E-state index is 13.3. The lowest BCUT2D eigenvalue weighted by atomic mass is 10.1. The summed E-state index contributed by atoms with van der Waals surface area (Å²) in [6.45, 7) is 4.65. The molecule has 0 bridgehead atoms. The first-order valence-electron chi connectivity index (χ1n) is 6.12. The van der Waals surface area contributed by atoms with Crippen LogP contribution in [0.25, 0.3) is 0 Å². The number of thiazole rings is 1. The summed E-state index contributed by atoms with van der Waals surface area (Å²) >= 11 is 1.60. The molecule has 1 aromatic carbocycles. The molecule has 1 aromatic heterocycles. The number of halogens is 1. The van der Waals surface area contributed by atoms with Crippen molar-refractivity contribution in [2.75, 3.05) is 0 Å². The standard InChI is InChI=1S/C14H14FN3S/c1-8-7-19-14(17-8)9(2)18-6-10-3-4-11(15)5-12(10)13(18)16/h3-5,7,9,16H,6H2,1-2H3. The summed E-state index contributed by atoms with van der Waals surface area (Å²) in [6.07, 6.45) is 0. The molecule has 0 radical (unpaired) electrons. The second kappa shape index (κ2) is 4.42. The fourth-order valence-electron chi connectivity index (χ4n) is 2.35. The zero-order valence-corrected chi connectivity index (χ0v) is 11.6. The van der Waals surface area contributed by atoms with Crippen molar-refractivity contribution in [1.29, 1.82) is 5.41 Å². The lowest BCUT2D eigenvalue weighted by Crippen LogP contribution is -2.27. The number of hydrogen-bond acceptors (Lipinski definition) is 3. The average Bonchev–Trinajstić information content (AvgIpc) is 2.94. The maximum Gasteiger partial charge on any atom is 0.129 e.